The van der Waals surface area contributed by atoms with Gasteiger partial charge in [-0.1, -0.05) is 26.0 Å². The van der Waals surface area contributed by atoms with Gasteiger partial charge in [-0.3, -0.25) is 0 Å². The lowest BCUT2D eigenvalue weighted by Gasteiger charge is -2.29. The summed E-state index contributed by atoms with van der Waals surface area (Å²) in [6, 6.07) is 7.53. The summed E-state index contributed by atoms with van der Waals surface area (Å²) >= 11 is 0. The Labute approximate surface area is 97.2 Å². The Morgan fingerprint density at radius 2 is 2.12 bits per heavy atom. The van der Waals surface area contributed by atoms with Gasteiger partial charge in [-0.05, 0) is 24.6 Å². The number of benzene rings is 1. The quantitative estimate of drug-likeness (QED) is 0.803. The zero-order valence-electron chi connectivity index (χ0n) is 10.2. The molecule has 0 bridgehead atoms. The van der Waals surface area contributed by atoms with E-state index in [9.17, 15) is 5.11 Å². The van der Waals surface area contributed by atoms with Crippen molar-refractivity contribution in [3.05, 3.63) is 29.8 Å². The maximum absolute atomic E-state index is 10.2. The minimum atomic E-state index is -0.571. The van der Waals surface area contributed by atoms with Gasteiger partial charge in [0.2, 0.25) is 0 Å². The highest BCUT2D eigenvalue weighted by Crippen LogP contribution is 2.33. The highest BCUT2D eigenvalue weighted by Gasteiger charge is 2.27. The molecule has 0 aromatic heterocycles. The molecule has 1 unspecified atom stereocenters. The first-order chi connectivity index (χ1) is 7.51. The molecule has 0 saturated heterocycles. The molecular formula is C13H21NO2. The molecule has 3 N–H and O–H groups in total. The molecule has 1 rings (SSSR count). The second-order valence-electron chi connectivity index (χ2n) is 4.60. The summed E-state index contributed by atoms with van der Waals surface area (Å²) in [7, 11) is 0. The third-order valence-electron chi connectivity index (χ3n) is 2.75. The largest absolute Gasteiger partial charge is 0.494 e. The van der Waals surface area contributed by atoms with E-state index in [0.29, 0.717) is 13.2 Å². The van der Waals surface area contributed by atoms with E-state index < -0.39 is 6.10 Å². The summed E-state index contributed by atoms with van der Waals surface area (Å²) < 4.78 is 5.40. The predicted octanol–water partition coefficient (Wildman–Crippen LogP) is 2.10. The van der Waals surface area contributed by atoms with Crippen LogP contribution in [0.25, 0.3) is 0 Å². The van der Waals surface area contributed by atoms with Crippen molar-refractivity contribution in [1.82, 2.24) is 0 Å². The minimum Gasteiger partial charge on any atom is -0.494 e. The molecule has 90 valence electrons. The Hall–Kier alpha value is -1.06. The summed E-state index contributed by atoms with van der Waals surface area (Å²) in [6.45, 7) is 6.90. The SMILES string of the molecule is CCOc1cccc(C(O)C(C)(C)CN)c1. The second-order valence-corrected chi connectivity index (χ2v) is 4.60. The Kier molecular flexibility index (Phi) is 4.33. The molecule has 0 heterocycles. The van der Waals surface area contributed by atoms with Crippen molar-refractivity contribution in [2.45, 2.75) is 26.9 Å². The number of ether oxygens (including phenoxy) is 1. The van der Waals surface area contributed by atoms with Crippen molar-refractivity contribution in [3.8, 4) is 5.75 Å². The molecule has 0 amide bonds. The van der Waals surface area contributed by atoms with Gasteiger partial charge in [0, 0.05) is 12.0 Å². The summed E-state index contributed by atoms with van der Waals surface area (Å²) in [5.74, 6) is 0.784. The third kappa shape index (κ3) is 2.97. The Morgan fingerprint density at radius 3 is 2.69 bits per heavy atom. The van der Waals surface area contributed by atoms with Crippen LogP contribution in [0.2, 0.25) is 0 Å². The van der Waals surface area contributed by atoms with Crippen LogP contribution in [-0.4, -0.2) is 18.3 Å². The fourth-order valence-electron chi connectivity index (χ4n) is 1.50. The van der Waals surface area contributed by atoms with Gasteiger partial charge in [0.1, 0.15) is 5.75 Å². The van der Waals surface area contributed by atoms with E-state index in [2.05, 4.69) is 0 Å². The van der Waals surface area contributed by atoms with Crippen molar-refractivity contribution in [1.29, 1.82) is 0 Å². The fourth-order valence-corrected chi connectivity index (χ4v) is 1.50. The zero-order valence-corrected chi connectivity index (χ0v) is 10.2. The third-order valence-corrected chi connectivity index (χ3v) is 2.75. The van der Waals surface area contributed by atoms with Gasteiger partial charge >= 0.3 is 0 Å². The zero-order chi connectivity index (χ0) is 12.2. The number of hydrogen-bond donors (Lipinski definition) is 2. The van der Waals surface area contributed by atoms with Crippen molar-refractivity contribution < 1.29 is 9.84 Å². The molecule has 1 aromatic carbocycles. The number of nitrogens with two attached hydrogens (primary N) is 1. The van der Waals surface area contributed by atoms with Gasteiger partial charge in [0.05, 0.1) is 12.7 Å². The van der Waals surface area contributed by atoms with Gasteiger partial charge in [-0.25, -0.2) is 0 Å². The van der Waals surface area contributed by atoms with Gasteiger partial charge in [0.15, 0.2) is 0 Å². The number of aliphatic hydroxyl groups is 1. The maximum Gasteiger partial charge on any atom is 0.119 e. The molecule has 0 aliphatic heterocycles. The normalized spacial score (nSPS) is 13.6. The van der Waals surface area contributed by atoms with Gasteiger partial charge < -0.3 is 15.6 Å². The minimum absolute atomic E-state index is 0.329. The van der Waals surface area contributed by atoms with Crippen LogP contribution in [0.3, 0.4) is 0 Å². The first-order valence-corrected chi connectivity index (χ1v) is 5.62. The van der Waals surface area contributed by atoms with Crippen LogP contribution in [0.4, 0.5) is 0 Å². The van der Waals surface area contributed by atoms with E-state index >= 15 is 0 Å². The van der Waals surface area contributed by atoms with E-state index in [1.165, 1.54) is 0 Å². The highest BCUT2D eigenvalue weighted by atomic mass is 16.5. The van der Waals surface area contributed by atoms with Crippen LogP contribution >= 0.6 is 0 Å². The average Bonchev–Trinajstić information content (AvgIpc) is 2.29. The molecule has 16 heavy (non-hydrogen) atoms. The van der Waals surface area contributed by atoms with Gasteiger partial charge in [-0.15, -0.1) is 0 Å². The second kappa shape index (κ2) is 5.32. The molecular weight excluding hydrogens is 202 g/mol. The summed E-state index contributed by atoms with van der Waals surface area (Å²) in [4.78, 5) is 0. The molecule has 1 aromatic rings. The van der Waals surface area contributed by atoms with Gasteiger partial charge in [-0.2, -0.15) is 0 Å². The lowest BCUT2D eigenvalue weighted by Crippen LogP contribution is -2.30. The Morgan fingerprint density at radius 1 is 1.44 bits per heavy atom. The van der Waals surface area contributed by atoms with Crippen molar-refractivity contribution in [2.24, 2.45) is 11.1 Å². The van der Waals surface area contributed by atoms with E-state index in [4.69, 9.17) is 10.5 Å². The topological polar surface area (TPSA) is 55.5 Å². The predicted molar refractivity (Wildman–Crippen MR) is 65.4 cm³/mol. The van der Waals surface area contributed by atoms with E-state index in [1.54, 1.807) is 0 Å². The van der Waals surface area contributed by atoms with Crippen molar-refractivity contribution >= 4 is 0 Å². The first kappa shape index (κ1) is 13.0. The van der Waals surface area contributed by atoms with Crippen LogP contribution in [0.1, 0.15) is 32.4 Å². The first-order valence-electron chi connectivity index (χ1n) is 5.62. The van der Waals surface area contributed by atoms with E-state index in [0.717, 1.165) is 11.3 Å². The molecule has 3 heteroatoms. The summed E-state index contributed by atoms with van der Waals surface area (Å²) in [5.41, 5.74) is 6.17. The summed E-state index contributed by atoms with van der Waals surface area (Å²) in [5, 5.41) is 10.2. The standard InChI is InChI=1S/C13H21NO2/c1-4-16-11-7-5-6-10(8-11)12(15)13(2,3)9-14/h5-8,12,15H,4,9,14H2,1-3H3. The monoisotopic (exact) mass is 223 g/mol. The van der Waals surface area contributed by atoms with Gasteiger partial charge in [0.25, 0.3) is 0 Å². The molecule has 0 aliphatic carbocycles. The van der Waals surface area contributed by atoms with E-state index in [1.807, 2.05) is 45.0 Å². The molecule has 0 fully saturated rings. The van der Waals surface area contributed by atoms with E-state index in [-0.39, 0.29) is 5.41 Å². The smallest absolute Gasteiger partial charge is 0.119 e. The van der Waals surface area contributed by atoms with Crippen molar-refractivity contribution in [2.75, 3.05) is 13.2 Å². The summed E-state index contributed by atoms with van der Waals surface area (Å²) in [6.07, 6.45) is -0.571. The highest BCUT2D eigenvalue weighted by molar-refractivity contribution is 5.30. The average molecular weight is 223 g/mol. The lowest BCUT2D eigenvalue weighted by molar-refractivity contribution is 0.0553. The molecule has 0 aliphatic rings. The number of rotatable bonds is 5. The van der Waals surface area contributed by atoms with Crippen molar-refractivity contribution in [3.63, 3.8) is 0 Å². The molecule has 3 nitrogen and oxygen atoms in total. The lowest BCUT2D eigenvalue weighted by atomic mass is 9.83. The van der Waals surface area contributed by atoms with Crippen LogP contribution in [0.5, 0.6) is 5.75 Å². The molecule has 0 spiro atoms. The van der Waals surface area contributed by atoms with Crippen LogP contribution < -0.4 is 10.5 Å². The van der Waals surface area contributed by atoms with Crippen LogP contribution in [0.15, 0.2) is 24.3 Å². The maximum atomic E-state index is 10.2. The Balaban J connectivity index is 2.91. The molecule has 0 saturated carbocycles. The number of aliphatic hydroxyl groups excluding tert-OH is 1. The molecule has 1 atom stereocenters. The molecule has 0 radical (unpaired) electrons. The Bertz CT molecular complexity index is 336. The fraction of sp³-hybridized carbons (Fsp3) is 0.538. The van der Waals surface area contributed by atoms with Crippen LogP contribution in [0, 0.1) is 5.41 Å². The number of hydrogen-bond acceptors (Lipinski definition) is 3. The van der Waals surface area contributed by atoms with Crippen LogP contribution in [-0.2, 0) is 0 Å².